The van der Waals surface area contributed by atoms with Gasteiger partial charge in [0.15, 0.2) is 20.1 Å². The van der Waals surface area contributed by atoms with Crippen LogP contribution in [-0.2, 0) is 134 Å². The number of halogens is 1. The van der Waals surface area contributed by atoms with Gasteiger partial charge in [-0.05, 0) is 338 Å². The standard InChI is InChI=1S/C22H34FN5O3S.C22H29N5O3S.2C21H29N5O3S/c1-14(2)17-11-16(23)12-18(15(3)4)20(17)24-21(29)26-32(30,31)19-9-10-28(25-19)22(5,6)13-27(7)8;1-26(2)14-22(10-11-22)27-12-9-19(24-27)31(29,30)25-21(28)23-20-17-7-3-5-15(17)13-16-6-4-8-18(16)20;1-21(2,13-22-3)26-11-10-18(24-26)30(28,29)25-20(27)23-19-16-8-4-6-14(16)12-15-7-5-9-17(15)19;1-14(13-25(2)3)26-11-10-19(23-26)30(28,29)24-21(27)22-20-17-8-4-6-15(17)12-16-7-5-9-18(16)20/h9-12,14-15H,13H2,1-8H3,(H2,24,26,29);9,12-13H,3-8,10-11,14H2,1-2H3,(H2,23,25,28);10-12,22H,4-9,13H2,1-3H3,(H2,23,25,27);10-12,14H,4-9,13H2,1-3H3,(H2,22,24,27)/t;;;14-/m...0/s1. The zero-order chi connectivity index (χ0) is 89.2. The normalized spacial score (nSPS) is 15.8. The number of hydrogen-bond acceptors (Lipinski definition) is 20. The van der Waals surface area contributed by atoms with Gasteiger partial charge in [-0.25, -0.2) is 42.5 Å². The summed E-state index contributed by atoms with van der Waals surface area (Å²) >= 11 is 0. The van der Waals surface area contributed by atoms with Crippen molar-refractivity contribution in [2.45, 2.75) is 245 Å². The number of sulfonamides is 4. The van der Waals surface area contributed by atoms with Crippen molar-refractivity contribution in [3.8, 4) is 0 Å². The summed E-state index contributed by atoms with van der Waals surface area (Å²) < 4.78 is 131. The Morgan fingerprint density at radius 1 is 0.431 bits per heavy atom. The Bertz CT molecular complexity index is 5660. The maximum Gasteiger partial charge on any atom is 0.333 e. The quantitative estimate of drug-likeness (QED) is 0.0243. The fourth-order valence-electron chi connectivity index (χ4n) is 18.0. The number of anilines is 4. The van der Waals surface area contributed by atoms with Crippen molar-refractivity contribution in [1.82, 2.24) is 78.0 Å². The van der Waals surface area contributed by atoms with Crippen molar-refractivity contribution in [2.75, 3.05) is 96.8 Å². The maximum atomic E-state index is 14.1. The molecule has 1 saturated carbocycles. The molecule has 1 fully saturated rings. The van der Waals surface area contributed by atoms with Crippen molar-refractivity contribution in [3.05, 3.63) is 163 Å². The Labute approximate surface area is 723 Å². The SMILES string of the molecule is CC(C)c1cc(F)cc(C(C)C)c1NC(=O)NS(=O)(=O)c1ccn(C(C)(C)CN(C)C)n1.CN(C)CC1(n2ccc(S(=O)(=O)NC(=O)Nc3c4c(cc5c3CCC5)CCC4)n2)CC1.CNCC(C)(C)n1ccc(S(=O)(=O)NC(=O)Nc2c3c(cc4c2CCC4)CCC3)n1.C[C@@H](CN(C)C)n1ccc(S(=O)(=O)NC(=O)Nc2c3c(cc4c2CCC4)CCC3)n1. The number of fused-ring (bicyclic) bond motifs is 6. The van der Waals surface area contributed by atoms with Gasteiger partial charge in [0.05, 0.1) is 22.7 Å². The number of hydrogen-bond donors (Lipinski definition) is 9. The Morgan fingerprint density at radius 3 is 1.08 bits per heavy atom. The zero-order valence-electron chi connectivity index (χ0n) is 73.5. The van der Waals surface area contributed by atoms with Crippen LogP contribution < -0.4 is 45.5 Å². The largest absolute Gasteiger partial charge is 0.333 e. The molecule has 0 saturated heterocycles. The Hall–Kier alpha value is -9.63. The van der Waals surface area contributed by atoms with Gasteiger partial charge in [-0.15, -0.1) is 0 Å². The number of nitrogens with one attached hydrogen (secondary N) is 9. The minimum atomic E-state index is -4.20. The molecule has 9 N–H and O–H groups in total. The maximum absolute atomic E-state index is 14.1. The number of carbonyl (C=O) groups excluding carboxylic acids is 4. The van der Waals surface area contributed by atoms with Crippen LogP contribution in [0.5, 0.6) is 0 Å². The van der Waals surface area contributed by atoms with Gasteiger partial charge in [0.1, 0.15) is 5.82 Å². The van der Waals surface area contributed by atoms with Crippen LogP contribution in [-0.4, -0.2) is 187 Å². The fourth-order valence-corrected chi connectivity index (χ4v) is 21.4. The van der Waals surface area contributed by atoms with Gasteiger partial charge in [0.25, 0.3) is 40.1 Å². The minimum Gasteiger partial charge on any atom is -0.317 e. The summed E-state index contributed by atoms with van der Waals surface area (Å²) in [6.45, 7) is 20.0. The number of benzene rings is 4. The first kappa shape index (κ1) is 92.5. The molecular weight excluding hydrogens is 1650 g/mol. The van der Waals surface area contributed by atoms with Crippen LogP contribution in [0.1, 0.15) is 209 Å². The van der Waals surface area contributed by atoms with Crippen LogP contribution >= 0.6 is 0 Å². The molecule has 4 aromatic carbocycles. The molecular formula is C86H121FN20O12S4. The average Bonchev–Trinajstić information content (AvgIpc) is 1.62. The molecule has 37 heteroatoms. The lowest BCUT2D eigenvalue weighted by molar-refractivity contribution is 0.221. The molecule has 0 radical (unpaired) electrons. The lowest BCUT2D eigenvalue weighted by Gasteiger charge is -2.28. The van der Waals surface area contributed by atoms with E-state index >= 15 is 0 Å². The van der Waals surface area contributed by atoms with Gasteiger partial charge in [0.2, 0.25) is 0 Å². The third kappa shape index (κ3) is 21.7. The first-order chi connectivity index (χ1) is 57.9. The lowest BCUT2D eigenvalue weighted by atomic mass is 9.92. The molecule has 8 aromatic rings. The van der Waals surface area contributed by atoms with Crippen molar-refractivity contribution < 1.29 is 57.2 Å². The summed E-state index contributed by atoms with van der Waals surface area (Å²) in [6.07, 6.45) is 26.4. The average molecular weight is 1770 g/mol. The second-order valence-corrected chi connectivity index (χ2v) is 42.6. The van der Waals surface area contributed by atoms with Crippen molar-refractivity contribution in [1.29, 1.82) is 0 Å². The third-order valence-corrected chi connectivity index (χ3v) is 28.5. The Kier molecular flexibility index (Phi) is 28.0. The van der Waals surface area contributed by atoms with Gasteiger partial charge >= 0.3 is 24.1 Å². The second kappa shape index (κ2) is 37.3. The van der Waals surface area contributed by atoms with E-state index < -0.39 is 81.1 Å². The summed E-state index contributed by atoms with van der Waals surface area (Å²) in [5, 5.41) is 30.4. The van der Waals surface area contributed by atoms with E-state index in [1.165, 1.54) is 69.8 Å². The molecule has 15 rings (SSSR count). The summed E-state index contributed by atoms with van der Waals surface area (Å²) in [5.74, 6) is -0.559. The Balaban J connectivity index is 0.000000150. The molecule has 0 unspecified atom stereocenters. The minimum absolute atomic E-state index is 0.00673. The topological polar surface area (TPSA) is 394 Å². The first-order valence-electron chi connectivity index (χ1n) is 42.4. The van der Waals surface area contributed by atoms with Crippen LogP contribution in [0.3, 0.4) is 0 Å². The predicted octanol–water partition coefficient (Wildman–Crippen LogP) is 11.3. The fraction of sp³-hybridized carbons (Fsp3) is 0.535. The molecule has 4 aromatic heterocycles. The van der Waals surface area contributed by atoms with Crippen LogP contribution in [0.25, 0.3) is 0 Å². The number of nitrogens with zero attached hydrogens (tertiary/aromatic N) is 11. The Morgan fingerprint density at radius 2 is 0.756 bits per heavy atom. The monoisotopic (exact) mass is 1770 g/mol. The van der Waals surface area contributed by atoms with E-state index in [1.54, 1.807) is 43.5 Å². The second-order valence-electron chi connectivity index (χ2n) is 36.1. The molecule has 123 heavy (non-hydrogen) atoms. The third-order valence-electron chi connectivity index (χ3n) is 23.6. The van der Waals surface area contributed by atoms with Crippen LogP contribution in [0, 0.1) is 5.82 Å². The van der Waals surface area contributed by atoms with E-state index in [-0.39, 0.29) is 43.5 Å². The molecule has 7 aliphatic carbocycles. The number of rotatable bonds is 26. The van der Waals surface area contributed by atoms with Gasteiger partial charge in [0, 0.05) is 73.7 Å². The van der Waals surface area contributed by atoms with E-state index in [1.807, 2.05) is 126 Å². The summed E-state index contributed by atoms with van der Waals surface area (Å²) in [7, 11) is -2.86. The van der Waals surface area contributed by atoms with E-state index in [0.29, 0.717) is 29.9 Å². The molecule has 7 aliphatic rings. The molecule has 32 nitrogen and oxygen atoms in total. The van der Waals surface area contributed by atoms with Gasteiger partial charge in [-0.2, -0.15) is 54.1 Å². The molecule has 0 spiro atoms. The van der Waals surface area contributed by atoms with E-state index in [9.17, 15) is 57.2 Å². The van der Waals surface area contributed by atoms with E-state index in [4.69, 9.17) is 0 Å². The summed E-state index contributed by atoms with van der Waals surface area (Å²) in [6, 6.07) is 12.0. The highest BCUT2D eigenvalue weighted by atomic mass is 32.2. The highest BCUT2D eigenvalue weighted by Gasteiger charge is 2.46. The lowest BCUT2D eigenvalue weighted by Crippen LogP contribution is -2.38. The van der Waals surface area contributed by atoms with E-state index in [0.717, 1.165) is 192 Å². The number of amides is 8. The smallest absolute Gasteiger partial charge is 0.317 e. The van der Waals surface area contributed by atoms with Gasteiger partial charge < -0.3 is 41.3 Å². The number of aryl methyl sites for hydroxylation is 6. The summed E-state index contributed by atoms with van der Waals surface area (Å²) in [4.78, 5) is 56.7. The number of urea groups is 4. The number of carbonyl (C=O) groups is 4. The van der Waals surface area contributed by atoms with Crippen molar-refractivity contribution >= 4 is 87.0 Å². The molecule has 8 amide bonds. The highest BCUT2D eigenvalue weighted by molar-refractivity contribution is 7.90. The molecule has 0 bridgehead atoms. The van der Waals surface area contributed by atoms with E-state index in [2.05, 4.69) is 84.2 Å². The van der Waals surface area contributed by atoms with Crippen LogP contribution in [0.15, 0.2) is 99.5 Å². The van der Waals surface area contributed by atoms with Crippen molar-refractivity contribution in [2.24, 2.45) is 0 Å². The van der Waals surface area contributed by atoms with Crippen LogP contribution in [0.2, 0.25) is 0 Å². The first-order valence-corrected chi connectivity index (χ1v) is 48.3. The molecule has 0 aliphatic heterocycles. The van der Waals surface area contributed by atoms with Gasteiger partial charge in [-0.3, -0.25) is 18.7 Å². The highest BCUT2D eigenvalue weighted by Crippen LogP contribution is 2.45. The molecule has 4 heterocycles. The van der Waals surface area contributed by atoms with Gasteiger partial charge in [-0.1, -0.05) is 45.9 Å². The van der Waals surface area contributed by atoms with Crippen molar-refractivity contribution in [3.63, 3.8) is 0 Å². The molecule has 668 valence electrons. The van der Waals surface area contributed by atoms with Crippen LogP contribution in [0.4, 0.5) is 46.3 Å². The predicted molar refractivity (Wildman–Crippen MR) is 472 cm³/mol. The number of likely N-dealkylation sites (N-methyl/N-ethyl adjacent to an activating group) is 4. The molecule has 1 atom stereocenters. The zero-order valence-corrected chi connectivity index (χ0v) is 76.8. The summed E-state index contributed by atoms with van der Waals surface area (Å²) in [5.41, 5.74) is 17.7. The number of aromatic nitrogens is 8.